The normalized spacial score (nSPS) is 12.7. The van der Waals surface area contributed by atoms with Crippen LogP contribution in [0.5, 0.6) is 11.5 Å². The molecule has 4 heteroatoms. The number of fused-ring (bicyclic) bond motifs is 2. The molecule has 0 unspecified atom stereocenters. The molecule has 0 bridgehead atoms. The molecular formula is C21H17O3S+. The molecule has 124 valence electrons. The average Bonchev–Trinajstić information content (AvgIpc) is 2.66. The van der Waals surface area contributed by atoms with Crippen molar-refractivity contribution < 1.29 is 14.3 Å². The van der Waals surface area contributed by atoms with Gasteiger partial charge in [-0.3, -0.25) is 0 Å². The first-order valence-corrected chi connectivity index (χ1v) is 9.38. The number of hydrogen-bond acceptors (Lipinski definition) is 3. The molecule has 0 fully saturated rings. The van der Waals surface area contributed by atoms with Crippen LogP contribution in [0.1, 0.15) is 17.3 Å². The lowest BCUT2D eigenvalue weighted by atomic mass is 10.2. The number of carbonyl (C=O) groups excluding carboxylic acids is 1. The first-order chi connectivity index (χ1) is 12.3. The Labute approximate surface area is 149 Å². The summed E-state index contributed by atoms with van der Waals surface area (Å²) in [4.78, 5) is 15.4. The lowest BCUT2D eigenvalue weighted by Crippen LogP contribution is -2.12. The molecule has 0 aliphatic carbocycles. The highest BCUT2D eigenvalue weighted by molar-refractivity contribution is 7.97. The van der Waals surface area contributed by atoms with Crippen LogP contribution in [-0.4, -0.2) is 12.6 Å². The van der Waals surface area contributed by atoms with Crippen LogP contribution in [0, 0.1) is 0 Å². The largest absolute Gasteiger partial charge is 0.462 e. The smallest absolute Gasteiger partial charge is 0.338 e. The maximum atomic E-state index is 11.9. The van der Waals surface area contributed by atoms with E-state index < -0.39 is 0 Å². The van der Waals surface area contributed by atoms with E-state index in [1.165, 1.54) is 0 Å². The Morgan fingerprint density at radius 1 is 0.880 bits per heavy atom. The Bertz CT molecular complexity index is 873. The van der Waals surface area contributed by atoms with Gasteiger partial charge in [-0.25, -0.2) is 4.79 Å². The van der Waals surface area contributed by atoms with E-state index in [1.807, 2.05) is 67.6 Å². The Morgan fingerprint density at radius 3 is 2.00 bits per heavy atom. The minimum Gasteiger partial charge on any atom is -0.462 e. The Hall–Kier alpha value is -2.72. The standard InChI is InChI=1S/C21H17O3S/c1-2-23-21(22)15-11-13-16(14-12-15)25-19-9-5-3-7-17(19)24-18-8-4-6-10-20(18)25/h3-14H,2H2,1H3/q+1. The monoisotopic (exact) mass is 349 g/mol. The van der Waals surface area contributed by atoms with Gasteiger partial charge < -0.3 is 9.47 Å². The molecule has 0 amide bonds. The van der Waals surface area contributed by atoms with Crippen LogP contribution >= 0.6 is 0 Å². The van der Waals surface area contributed by atoms with E-state index in [2.05, 4.69) is 12.1 Å². The van der Waals surface area contributed by atoms with Crippen molar-refractivity contribution in [1.82, 2.24) is 0 Å². The zero-order valence-corrected chi connectivity index (χ0v) is 14.6. The number of hydrogen-bond donors (Lipinski definition) is 0. The first-order valence-electron chi connectivity index (χ1n) is 8.15. The van der Waals surface area contributed by atoms with Crippen molar-refractivity contribution in [3.05, 3.63) is 78.4 Å². The number of ether oxygens (including phenoxy) is 2. The van der Waals surface area contributed by atoms with Crippen LogP contribution in [0.15, 0.2) is 87.5 Å². The number of carbonyl (C=O) groups is 1. The third-order valence-electron chi connectivity index (χ3n) is 3.96. The molecule has 0 spiro atoms. The second kappa shape index (κ2) is 6.65. The fourth-order valence-corrected chi connectivity index (χ4v) is 5.04. The van der Waals surface area contributed by atoms with Crippen LogP contribution in [0.25, 0.3) is 0 Å². The van der Waals surface area contributed by atoms with Gasteiger partial charge in [0.2, 0.25) is 9.79 Å². The van der Waals surface area contributed by atoms with Gasteiger partial charge in [0.1, 0.15) is 10.9 Å². The third kappa shape index (κ3) is 2.89. The van der Waals surface area contributed by atoms with Gasteiger partial charge in [-0.2, -0.15) is 0 Å². The Morgan fingerprint density at radius 2 is 1.44 bits per heavy atom. The minimum atomic E-state index is -0.287. The summed E-state index contributed by atoms with van der Waals surface area (Å²) in [5.41, 5.74) is 0.573. The van der Waals surface area contributed by atoms with Crippen molar-refractivity contribution in [1.29, 1.82) is 0 Å². The second-order valence-corrected chi connectivity index (χ2v) is 7.51. The zero-order chi connectivity index (χ0) is 17.2. The molecule has 0 saturated carbocycles. The first kappa shape index (κ1) is 15.8. The minimum absolute atomic E-state index is 0.260. The van der Waals surface area contributed by atoms with Crippen molar-refractivity contribution in [2.75, 3.05) is 6.61 Å². The van der Waals surface area contributed by atoms with Crippen molar-refractivity contribution in [2.24, 2.45) is 0 Å². The highest BCUT2D eigenvalue weighted by atomic mass is 32.2. The summed E-state index contributed by atoms with van der Waals surface area (Å²) >= 11 is 0. The van der Waals surface area contributed by atoms with Crippen molar-refractivity contribution in [3.8, 4) is 11.5 Å². The summed E-state index contributed by atoms with van der Waals surface area (Å²) in [5.74, 6) is 1.49. The van der Waals surface area contributed by atoms with Crippen molar-refractivity contribution in [2.45, 2.75) is 21.6 Å². The molecule has 1 aliphatic heterocycles. The number of benzene rings is 3. The summed E-state index contributed by atoms with van der Waals surface area (Å²) in [7, 11) is -0.260. The van der Waals surface area contributed by atoms with E-state index in [0.29, 0.717) is 12.2 Å². The van der Waals surface area contributed by atoms with Gasteiger partial charge in [0.15, 0.2) is 16.4 Å². The summed E-state index contributed by atoms with van der Waals surface area (Å²) in [6, 6.07) is 23.9. The van der Waals surface area contributed by atoms with Crippen LogP contribution in [0.3, 0.4) is 0 Å². The van der Waals surface area contributed by atoms with Gasteiger partial charge >= 0.3 is 5.97 Å². The molecule has 0 radical (unpaired) electrons. The van der Waals surface area contributed by atoms with Crippen LogP contribution in [-0.2, 0) is 15.6 Å². The summed E-state index contributed by atoms with van der Waals surface area (Å²) in [6.45, 7) is 2.19. The summed E-state index contributed by atoms with van der Waals surface area (Å²) < 4.78 is 11.1. The fraction of sp³-hybridized carbons (Fsp3) is 0.0952. The van der Waals surface area contributed by atoms with Crippen LogP contribution < -0.4 is 4.74 Å². The quantitative estimate of drug-likeness (QED) is 0.383. The fourth-order valence-electron chi connectivity index (χ4n) is 2.84. The predicted molar refractivity (Wildman–Crippen MR) is 97.5 cm³/mol. The zero-order valence-electron chi connectivity index (χ0n) is 13.8. The Balaban J connectivity index is 1.79. The van der Waals surface area contributed by atoms with E-state index in [1.54, 1.807) is 0 Å². The van der Waals surface area contributed by atoms with Gasteiger partial charge in [-0.15, -0.1) is 0 Å². The number of para-hydroxylation sites is 2. The molecule has 0 aromatic heterocycles. The summed E-state index contributed by atoms with van der Waals surface area (Å²) in [6.07, 6.45) is 0. The second-order valence-electron chi connectivity index (χ2n) is 5.55. The number of rotatable bonds is 3. The molecule has 25 heavy (non-hydrogen) atoms. The van der Waals surface area contributed by atoms with Gasteiger partial charge in [0, 0.05) is 0 Å². The average molecular weight is 349 g/mol. The topological polar surface area (TPSA) is 35.5 Å². The highest BCUT2D eigenvalue weighted by Crippen LogP contribution is 2.46. The van der Waals surface area contributed by atoms with Gasteiger partial charge in [0.05, 0.1) is 12.2 Å². The molecule has 3 nitrogen and oxygen atoms in total. The van der Waals surface area contributed by atoms with Gasteiger partial charge in [0.25, 0.3) is 0 Å². The molecule has 4 rings (SSSR count). The molecular weight excluding hydrogens is 332 g/mol. The van der Waals surface area contributed by atoms with E-state index >= 15 is 0 Å². The maximum Gasteiger partial charge on any atom is 0.338 e. The lowest BCUT2D eigenvalue weighted by molar-refractivity contribution is 0.0526. The maximum absolute atomic E-state index is 11.9. The van der Waals surface area contributed by atoms with E-state index in [4.69, 9.17) is 9.47 Å². The molecule has 3 aromatic rings. The van der Waals surface area contributed by atoms with Gasteiger partial charge in [-0.1, -0.05) is 24.3 Å². The third-order valence-corrected chi connectivity index (χ3v) is 6.26. The van der Waals surface area contributed by atoms with Crippen LogP contribution in [0.2, 0.25) is 0 Å². The molecule has 0 atom stereocenters. The van der Waals surface area contributed by atoms with Crippen molar-refractivity contribution in [3.63, 3.8) is 0 Å². The van der Waals surface area contributed by atoms with E-state index in [-0.39, 0.29) is 16.9 Å². The van der Waals surface area contributed by atoms with Crippen molar-refractivity contribution >= 4 is 16.9 Å². The Kier molecular flexibility index (Phi) is 4.20. The molecule has 0 N–H and O–H groups in total. The SMILES string of the molecule is CCOC(=O)c1ccc([S+]2c3ccccc3Oc3ccccc32)cc1. The molecule has 1 heterocycles. The lowest BCUT2D eigenvalue weighted by Gasteiger charge is -2.19. The summed E-state index contributed by atoms with van der Waals surface area (Å²) in [5, 5.41) is 0. The highest BCUT2D eigenvalue weighted by Gasteiger charge is 2.38. The molecule has 3 aromatic carbocycles. The van der Waals surface area contributed by atoms with E-state index in [0.717, 1.165) is 26.2 Å². The van der Waals surface area contributed by atoms with E-state index in [9.17, 15) is 4.79 Å². The molecule has 0 saturated heterocycles. The van der Waals surface area contributed by atoms with Gasteiger partial charge in [-0.05, 0) is 55.5 Å². The predicted octanol–water partition coefficient (Wildman–Crippen LogP) is 5.06. The number of esters is 1. The van der Waals surface area contributed by atoms with Crippen LogP contribution in [0.4, 0.5) is 0 Å². The molecule has 1 aliphatic rings.